The van der Waals surface area contributed by atoms with Gasteiger partial charge in [0.25, 0.3) is 0 Å². The lowest BCUT2D eigenvalue weighted by atomic mass is 9.97. The largest absolute Gasteiger partial charge is 0.422 e. The van der Waals surface area contributed by atoms with E-state index in [2.05, 4.69) is 0 Å². The highest BCUT2D eigenvalue weighted by molar-refractivity contribution is 6.30. The predicted molar refractivity (Wildman–Crippen MR) is 122 cm³/mol. The summed E-state index contributed by atoms with van der Waals surface area (Å²) < 4.78 is 5.52. The molecule has 148 valence electrons. The third-order valence-corrected chi connectivity index (χ3v) is 5.34. The fourth-order valence-electron chi connectivity index (χ4n) is 3.40. The van der Waals surface area contributed by atoms with Crippen LogP contribution >= 0.6 is 11.6 Å². The Morgan fingerprint density at radius 2 is 1.63 bits per heavy atom. The molecule has 0 unspecified atom stereocenters. The van der Waals surface area contributed by atoms with Gasteiger partial charge in [0.2, 0.25) is 0 Å². The van der Waals surface area contributed by atoms with Gasteiger partial charge >= 0.3 is 5.63 Å². The van der Waals surface area contributed by atoms with Gasteiger partial charge < -0.3 is 4.42 Å². The summed E-state index contributed by atoms with van der Waals surface area (Å²) in [7, 11) is 0. The molecule has 3 nitrogen and oxygen atoms in total. The maximum Gasteiger partial charge on any atom is 0.344 e. The molecule has 0 bridgehead atoms. The van der Waals surface area contributed by atoms with E-state index in [0.29, 0.717) is 21.7 Å². The third kappa shape index (κ3) is 3.98. The molecule has 30 heavy (non-hydrogen) atoms. The van der Waals surface area contributed by atoms with E-state index in [-0.39, 0.29) is 5.78 Å². The van der Waals surface area contributed by atoms with E-state index >= 15 is 0 Å². The number of carbonyl (C=O) groups is 1. The summed E-state index contributed by atoms with van der Waals surface area (Å²) in [6, 6.07) is 20.1. The van der Waals surface area contributed by atoms with Crippen LogP contribution in [-0.2, 0) is 0 Å². The average Bonchev–Trinajstić information content (AvgIpc) is 2.74. The topological polar surface area (TPSA) is 47.3 Å². The molecule has 0 saturated carbocycles. The lowest BCUT2D eigenvalue weighted by Gasteiger charge is -2.09. The van der Waals surface area contributed by atoms with Crippen LogP contribution in [0.15, 0.2) is 82.0 Å². The first kappa shape index (κ1) is 19.9. The fourth-order valence-corrected chi connectivity index (χ4v) is 3.53. The Labute approximate surface area is 179 Å². The lowest BCUT2D eigenvalue weighted by molar-refractivity contribution is 0.104. The van der Waals surface area contributed by atoms with Gasteiger partial charge in [-0.3, -0.25) is 4.79 Å². The summed E-state index contributed by atoms with van der Waals surface area (Å²) in [5.74, 6) is -0.115. The van der Waals surface area contributed by atoms with Gasteiger partial charge in [-0.2, -0.15) is 0 Å². The minimum atomic E-state index is -0.416. The summed E-state index contributed by atoms with van der Waals surface area (Å²) in [5, 5.41) is 1.32. The van der Waals surface area contributed by atoms with Crippen molar-refractivity contribution < 1.29 is 9.21 Å². The zero-order valence-electron chi connectivity index (χ0n) is 16.6. The first-order valence-corrected chi connectivity index (χ1v) is 9.92. The van der Waals surface area contributed by atoms with Crippen molar-refractivity contribution in [2.45, 2.75) is 13.8 Å². The van der Waals surface area contributed by atoms with Crippen LogP contribution in [0.5, 0.6) is 0 Å². The van der Waals surface area contributed by atoms with Crippen LogP contribution in [0.1, 0.15) is 27.0 Å². The first-order chi connectivity index (χ1) is 14.4. The average molecular weight is 415 g/mol. The van der Waals surface area contributed by atoms with Gasteiger partial charge in [-0.05, 0) is 66.9 Å². The first-order valence-electron chi connectivity index (χ1n) is 9.55. The number of hydrogen-bond acceptors (Lipinski definition) is 3. The molecule has 4 aromatic rings. The summed E-state index contributed by atoms with van der Waals surface area (Å²) in [4.78, 5) is 25.3. The van der Waals surface area contributed by atoms with Gasteiger partial charge in [-0.1, -0.05) is 59.6 Å². The van der Waals surface area contributed by atoms with Crippen LogP contribution < -0.4 is 5.63 Å². The summed E-state index contributed by atoms with van der Waals surface area (Å²) in [5.41, 5.74) is 4.66. The zero-order valence-corrected chi connectivity index (χ0v) is 17.4. The van der Waals surface area contributed by atoms with Crippen molar-refractivity contribution in [2.75, 3.05) is 0 Å². The van der Waals surface area contributed by atoms with Crippen molar-refractivity contribution >= 4 is 34.4 Å². The van der Waals surface area contributed by atoms with E-state index in [1.807, 2.05) is 38.1 Å². The Morgan fingerprint density at radius 3 is 2.33 bits per heavy atom. The van der Waals surface area contributed by atoms with E-state index in [9.17, 15) is 9.59 Å². The highest BCUT2D eigenvalue weighted by Crippen LogP contribution is 2.28. The highest BCUT2D eigenvalue weighted by Gasteiger charge is 2.15. The fraction of sp³-hybridized carbons (Fsp3) is 0.0769. The van der Waals surface area contributed by atoms with Crippen LogP contribution in [0.4, 0.5) is 0 Å². The maximum absolute atomic E-state index is 12.7. The van der Waals surface area contributed by atoms with Gasteiger partial charge in [0.15, 0.2) is 5.78 Å². The van der Waals surface area contributed by atoms with Crippen LogP contribution in [0.3, 0.4) is 0 Å². The molecule has 0 spiro atoms. The minimum Gasteiger partial charge on any atom is -0.422 e. The molecule has 0 atom stereocenters. The Balaban J connectivity index is 1.74. The number of halogens is 1. The van der Waals surface area contributed by atoms with E-state index < -0.39 is 5.63 Å². The molecule has 0 aliphatic carbocycles. The number of fused-ring (bicyclic) bond motifs is 1. The second-order valence-corrected chi connectivity index (χ2v) is 7.65. The van der Waals surface area contributed by atoms with E-state index in [1.165, 1.54) is 5.56 Å². The second-order valence-electron chi connectivity index (χ2n) is 7.22. The SMILES string of the molecule is Cc1ccc(/C=C/C(=O)c2ccc3oc(=O)c(-c4ccc(Cl)cc4)c(C)c3c2)cc1. The second kappa shape index (κ2) is 8.13. The van der Waals surface area contributed by atoms with Gasteiger partial charge in [0, 0.05) is 16.0 Å². The third-order valence-electron chi connectivity index (χ3n) is 5.09. The molecular formula is C26H19ClO3. The zero-order chi connectivity index (χ0) is 21.3. The van der Waals surface area contributed by atoms with Crippen LogP contribution in [-0.4, -0.2) is 5.78 Å². The summed E-state index contributed by atoms with van der Waals surface area (Å²) >= 11 is 5.97. The predicted octanol–water partition coefficient (Wildman–Crippen LogP) is 6.63. The lowest BCUT2D eigenvalue weighted by Crippen LogP contribution is -2.06. The van der Waals surface area contributed by atoms with Crippen molar-refractivity contribution in [2.24, 2.45) is 0 Å². The highest BCUT2D eigenvalue weighted by atomic mass is 35.5. The molecule has 0 radical (unpaired) electrons. The molecule has 4 rings (SSSR count). The molecular weight excluding hydrogens is 396 g/mol. The molecule has 1 heterocycles. The molecule has 0 saturated heterocycles. The van der Waals surface area contributed by atoms with Gasteiger partial charge in [-0.15, -0.1) is 0 Å². The Morgan fingerprint density at radius 1 is 0.933 bits per heavy atom. The van der Waals surface area contributed by atoms with Crippen LogP contribution in [0.2, 0.25) is 5.02 Å². The number of allylic oxidation sites excluding steroid dienone is 1. The number of benzene rings is 3. The van der Waals surface area contributed by atoms with Gasteiger partial charge in [-0.25, -0.2) is 4.79 Å². The van der Waals surface area contributed by atoms with Crippen molar-refractivity contribution in [1.29, 1.82) is 0 Å². The molecule has 0 amide bonds. The Hall–Kier alpha value is -3.43. The summed E-state index contributed by atoms with van der Waals surface area (Å²) in [6.07, 6.45) is 3.35. The molecule has 0 N–H and O–H groups in total. The van der Waals surface area contributed by atoms with E-state index in [0.717, 1.165) is 22.1 Å². The van der Waals surface area contributed by atoms with E-state index in [4.69, 9.17) is 16.0 Å². The number of rotatable bonds is 4. The molecule has 4 heteroatoms. The Bertz CT molecular complexity index is 1330. The minimum absolute atomic E-state index is 0.115. The number of ketones is 1. The number of hydrogen-bond donors (Lipinski definition) is 0. The molecule has 0 fully saturated rings. The molecule has 0 aliphatic rings. The van der Waals surface area contributed by atoms with E-state index in [1.54, 1.807) is 54.6 Å². The number of aryl methyl sites for hydroxylation is 2. The number of carbonyl (C=O) groups excluding carboxylic acids is 1. The van der Waals surface area contributed by atoms with Crippen molar-refractivity contribution in [1.82, 2.24) is 0 Å². The van der Waals surface area contributed by atoms with Crippen molar-refractivity contribution in [3.63, 3.8) is 0 Å². The van der Waals surface area contributed by atoms with Crippen molar-refractivity contribution in [3.8, 4) is 11.1 Å². The van der Waals surface area contributed by atoms with Crippen LogP contribution in [0, 0.1) is 13.8 Å². The monoisotopic (exact) mass is 414 g/mol. The smallest absolute Gasteiger partial charge is 0.344 e. The van der Waals surface area contributed by atoms with Crippen molar-refractivity contribution in [3.05, 3.63) is 111 Å². The summed E-state index contributed by atoms with van der Waals surface area (Å²) in [6.45, 7) is 3.88. The molecule has 0 aliphatic heterocycles. The maximum atomic E-state index is 12.7. The van der Waals surface area contributed by atoms with Gasteiger partial charge in [0.05, 0.1) is 5.56 Å². The standard InChI is InChI=1S/C26H19ClO3/c1-16-3-5-18(6-4-16)7-13-23(28)20-10-14-24-22(15-20)17(2)25(26(29)30-24)19-8-11-21(27)12-9-19/h3-15H,1-2H3/b13-7+. The Kier molecular flexibility index (Phi) is 5.39. The van der Waals surface area contributed by atoms with Gasteiger partial charge in [0.1, 0.15) is 5.58 Å². The quantitative estimate of drug-likeness (QED) is 0.214. The van der Waals surface area contributed by atoms with Crippen LogP contribution in [0.25, 0.3) is 28.2 Å². The molecule has 3 aromatic carbocycles. The normalized spacial score (nSPS) is 11.3. The molecule has 1 aromatic heterocycles.